The number of thiophene rings is 1. The first kappa shape index (κ1) is 18.5. The normalized spacial score (nSPS) is 12.0. The van der Waals surface area contributed by atoms with E-state index in [0.29, 0.717) is 15.1 Å². The molecule has 4 nitrogen and oxygen atoms in total. The van der Waals surface area contributed by atoms with E-state index in [2.05, 4.69) is 19.2 Å². The minimum atomic E-state index is -0.540. The van der Waals surface area contributed by atoms with Crippen LogP contribution in [0.25, 0.3) is 0 Å². The van der Waals surface area contributed by atoms with Gasteiger partial charge in [-0.25, -0.2) is 4.79 Å². The highest BCUT2D eigenvalue weighted by Gasteiger charge is 2.18. The molecule has 0 saturated heterocycles. The van der Waals surface area contributed by atoms with Crippen LogP contribution in [0.4, 0.5) is 0 Å². The number of carbonyl (C=O) groups is 2. The Morgan fingerprint density at radius 3 is 2.46 bits per heavy atom. The molecule has 24 heavy (non-hydrogen) atoms. The Morgan fingerprint density at radius 1 is 1.17 bits per heavy atom. The number of nitrogens with one attached hydrogen (secondary N) is 1. The van der Waals surface area contributed by atoms with Gasteiger partial charge in [-0.3, -0.25) is 4.79 Å². The highest BCUT2D eigenvalue weighted by molar-refractivity contribution is 7.17. The highest BCUT2D eigenvalue weighted by Crippen LogP contribution is 2.22. The number of hydrogen-bond acceptors (Lipinski definition) is 4. The molecule has 1 atom stereocenters. The fraction of sp³-hybridized carbons (Fsp3) is 0.333. The minimum absolute atomic E-state index is 0.103. The van der Waals surface area contributed by atoms with Gasteiger partial charge in [0, 0.05) is 0 Å². The summed E-state index contributed by atoms with van der Waals surface area (Å²) in [5.74, 6) is -0.436. The third-order valence-electron chi connectivity index (χ3n) is 3.35. The lowest BCUT2D eigenvalue weighted by atomic mass is 9.97. The zero-order valence-corrected chi connectivity index (χ0v) is 15.2. The molecule has 0 bridgehead atoms. The van der Waals surface area contributed by atoms with Gasteiger partial charge in [-0.05, 0) is 30.0 Å². The molecule has 0 unspecified atom stereocenters. The van der Waals surface area contributed by atoms with Crippen molar-refractivity contribution in [3.8, 4) is 0 Å². The lowest BCUT2D eigenvalue weighted by Crippen LogP contribution is -2.33. The van der Waals surface area contributed by atoms with E-state index >= 15 is 0 Å². The second kappa shape index (κ2) is 8.85. The van der Waals surface area contributed by atoms with Crippen molar-refractivity contribution < 1.29 is 14.3 Å². The Hall–Kier alpha value is -1.85. The molecule has 1 aromatic heterocycles. The Bertz CT molecular complexity index is 685. The fourth-order valence-electron chi connectivity index (χ4n) is 2.30. The number of amides is 1. The Morgan fingerprint density at radius 2 is 1.88 bits per heavy atom. The fourth-order valence-corrected chi connectivity index (χ4v) is 3.23. The van der Waals surface area contributed by atoms with Crippen LogP contribution in [-0.4, -0.2) is 18.5 Å². The zero-order valence-electron chi connectivity index (χ0n) is 13.6. The van der Waals surface area contributed by atoms with Gasteiger partial charge >= 0.3 is 5.97 Å². The molecule has 1 amide bonds. The summed E-state index contributed by atoms with van der Waals surface area (Å²) >= 11 is 6.91. The smallest absolute Gasteiger partial charge is 0.348 e. The molecular weight excluding hydrogens is 346 g/mol. The summed E-state index contributed by atoms with van der Waals surface area (Å²) in [6.07, 6.45) is 0.810. The van der Waals surface area contributed by atoms with Crippen LogP contribution < -0.4 is 5.32 Å². The molecule has 0 aliphatic rings. The molecular formula is C18H20ClNO3S. The summed E-state index contributed by atoms with van der Waals surface area (Å²) in [6.45, 7) is 3.89. The second-order valence-electron chi connectivity index (χ2n) is 5.84. The van der Waals surface area contributed by atoms with Gasteiger partial charge in [0.2, 0.25) is 0 Å². The summed E-state index contributed by atoms with van der Waals surface area (Å²) in [5.41, 5.74) is 1.04. The SMILES string of the molecule is CC(C)C[C@@H](NC(=O)COC(=O)c1ccc(Cl)s1)c1ccccc1. The van der Waals surface area contributed by atoms with Crippen LogP contribution >= 0.6 is 22.9 Å². The number of carbonyl (C=O) groups excluding carboxylic acids is 2. The Kier molecular flexibility index (Phi) is 6.82. The molecule has 0 fully saturated rings. The summed E-state index contributed by atoms with van der Waals surface area (Å²) in [7, 11) is 0. The van der Waals surface area contributed by atoms with E-state index in [4.69, 9.17) is 16.3 Å². The summed E-state index contributed by atoms with van der Waals surface area (Å²) < 4.78 is 5.55. The summed E-state index contributed by atoms with van der Waals surface area (Å²) in [4.78, 5) is 24.4. The standard InChI is InChI=1S/C18H20ClNO3S/c1-12(2)10-14(13-6-4-3-5-7-13)20-17(21)11-23-18(22)15-8-9-16(19)24-15/h3-9,12,14H,10-11H2,1-2H3,(H,20,21)/t14-/m1/s1. The molecule has 0 spiro atoms. The van der Waals surface area contributed by atoms with Crippen molar-refractivity contribution in [3.05, 3.63) is 57.2 Å². The quantitative estimate of drug-likeness (QED) is 0.737. The molecule has 6 heteroatoms. The first-order valence-electron chi connectivity index (χ1n) is 7.72. The second-order valence-corrected chi connectivity index (χ2v) is 7.56. The first-order chi connectivity index (χ1) is 11.5. The van der Waals surface area contributed by atoms with Crippen LogP contribution in [0, 0.1) is 5.92 Å². The number of rotatable bonds is 7. The van der Waals surface area contributed by atoms with Gasteiger partial charge in [-0.1, -0.05) is 55.8 Å². The lowest BCUT2D eigenvalue weighted by Gasteiger charge is -2.21. The molecule has 2 rings (SSSR count). The molecule has 0 saturated carbocycles. The van der Waals surface area contributed by atoms with Crippen molar-refractivity contribution in [1.29, 1.82) is 0 Å². The van der Waals surface area contributed by atoms with Crippen molar-refractivity contribution in [2.75, 3.05) is 6.61 Å². The average molecular weight is 366 g/mol. The van der Waals surface area contributed by atoms with Crippen molar-refractivity contribution in [2.45, 2.75) is 26.3 Å². The van der Waals surface area contributed by atoms with E-state index in [1.54, 1.807) is 12.1 Å². The van der Waals surface area contributed by atoms with Crippen LogP contribution in [0.3, 0.4) is 0 Å². The van der Waals surface area contributed by atoms with Crippen LogP contribution in [-0.2, 0) is 9.53 Å². The molecule has 2 aromatic rings. The monoisotopic (exact) mass is 365 g/mol. The zero-order chi connectivity index (χ0) is 17.5. The van der Waals surface area contributed by atoms with Crippen molar-refractivity contribution in [2.24, 2.45) is 5.92 Å². The molecule has 1 N–H and O–H groups in total. The van der Waals surface area contributed by atoms with Crippen LogP contribution in [0.1, 0.15) is 41.5 Å². The van der Waals surface area contributed by atoms with Gasteiger partial charge < -0.3 is 10.1 Å². The third-order valence-corrected chi connectivity index (χ3v) is 4.56. The van der Waals surface area contributed by atoms with Gasteiger partial charge in [0.05, 0.1) is 10.4 Å². The predicted molar refractivity (Wildman–Crippen MR) is 96.4 cm³/mol. The van der Waals surface area contributed by atoms with Crippen LogP contribution in [0.15, 0.2) is 42.5 Å². The van der Waals surface area contributed by atoms with Gasteiger partial charge in [0.1, 0.15) is 4.88 Å². The molecule has 128 valence electrons. The Labute approximate surface area is 150 Å². The molecule has 0 aliphatic carbocycles. The first-order valence-corrected chi connectivity index (χ1v) is 8.92. The van der Waals surface area contributed by atoms with Gasteiger partial charge in [-0.15, -0.1) is 11.3 Å². The molecule has 1 heterocycles. The van der Waals surface area contributed by atoms with Gasteiger partial charge in [0.15, 0.2) is 6.61 Å². The summed E-state index contributed by atoms with van der Waals surface area (Å²) in [5, 5.41) is 2.94. The predicted octanol–water partition coefficient (Wildman–Crippen LogP) is 4.46. The van der Waals surface area contributed by atoms with Gasteiger partial charge in [0.25, 0.3) is 5.91 Å². The maximum absolute atomic E-state index is 12.1. The van der Waals surface area contributed by atoms with Crippen molar-refractivity contribution in [1.82, 2.24) is 5.32 Å². The number of halogens is 1. The Balaban J connectivity index is 1.91. The molecule has 0 aliphatic heterocycles. The number of hydrogen-bond donors (Lipinski definition) is 1. The van der Waals surface area contributed by atoms with Gasteiger partial charge in [-0.2, -0.15) is 0 Å². The number of esters is 1. The lowest BCUT2D eigenvalue weighted by molar-refractivity contribution is -0.125. The maximum atomic E-state index is 12.1. The largest absolute Gasteiger partial charge is 0.451 e. The minimum Gasteiger partial charge on any atom is -0.451 e. The van der Waals surface area contributed by atoms with Crippen LogP contribution in [0.5, 0.6) is 0 Å². The topological polar surface area (TPSA) is 55.4 Å². The van der Waals surface area contributed by atoms with Crippen LogP contribution in [0.2, 0.25) is 4.34 Å². The van der Waals surface area contributed by atoms with E-state index in [1.807, 2.05) is 30.3 Å². The van der Waals surface area contributed by atoms with E-state index in [9.17, 15) is 9.59 Å². The average Bonchev–Trinajstić information content (AvgIpc) is 2.99. The summed E-state index contributed by atoms with van der Waals surface area (Å²) in [6, 6.07) is 12.9. The van der Waals surface area contributed by atoms with E-state index in [1.165, 1.54) is 0 Å². The maximum Gasteiger partial charge on any atom is 0.348 e. The molecule has 0 radical (unpaired) electrons. The highest BCUT2D eigenvalue weighted by atomic mass is 35.5. The van der Waals surface area contributed by atoms with E-state index in [0.717, 1.165) is 23.3 Å². The molecule has 1 aromatic carbocycles. The van der Waals surface area contributed by atoms with E-state index < -0.39 is 5.97 Å². The number of ether oxygens (including phenoxy) is 1. The third kappa shape index (κ3) is 5.65. The van der Waals surface area contributed by atoms with E-state index in [-0.39, 0.29) is 18.6 Å². The van der Waals surface area contributed by atoms with Crippen molar-refractivity contribution >= 4 is 34.8 Å². The van der Waals surface area contributed by atoms with Crippen molar-refractivity contribution in [3.63, 3.8) is 0 Å². The number of benzene rings is 1.